The van der Waals surface area contributed by atoms with E-state index >= 15 is 0 Å². The lowest BCUT2D eigenvalue weighted by atomic mass is 10.2. The Morgan fingerprint density at radius 1 is 1.43 bits per heavy atom. The predicted molar refractivity (Wildman–Crippen MR) is 81.2 cm³/mol. The molecule has 1 aromatic carbocycles. The molecule has 1 aromatic rings. The number of halogens is 1. The van der Waals surface area contributed by atoms with Gasteiger partial charge < -0.3 is 19.7 Å². The van der Waals surface area contributed by atoms with Gasteiger partial charge in [-0.3, -0.25) is 4.79 Å². The minimum atomic E-state index is -0.0704. The number of amides is 2. The SMILES string of the molecule is CCOc1cc(C=O)cc(Br)c1OCCN1CCNC1=O. The van der Waals surface area contributed by atoms with Crippen LogP contribution in [-0.4, -0.2) is 50.1 Å². The van der Waals surface area contributed by atoms with Crippen molar-refractivity contribution in [3.8, 4) is 11.5 Å². The van der Waals surface area contributed by atoms with Crippen molar-refractivity contribution in [2.75, 3.05) is 32.8 Å². The van der Waals surface area contributed by atoms with E-state index in [1.165, 1.54) is 0 Å². The molecule has 1 heterocycles. The van der Waals surface area contributed by atoms with Crippen LogP contribution in [0.5, 0.6) is 11.5 Å². The Labute approximate surface area is 131 Å². The van der Waals surface area contributed by atoms with E-state index in [2.05, 4.69) is 21.2 Å². The highest BCUT2D eigenvalue weighted by Crippen LogP contribution is 2.36. The van der Waals surface area contributed by atoms with Gasteiger partial charge in [-0.1, -0.05) is 0 Å². The molecule has 0 atom stereocenters. The van der Waals surface area contributed by atoms with Crippen LogP contribution in [0.3, 0.4) is 0 Å². The maximum absolute atomic E-state index is 11.4. The minimum absolute atomic E-state index is 0.0704. The zero-order valence-electron chi connectivity index (χ0n) is 11.7. The molecule has 2 rings (SSSR count). The van der Waals surface area contributed by atoms with Crippen LogP contribution in [-0.2, 0) is 0 Å². The van der Waals surface area contributed by atoms with Gasteiger partial charge >= 0.3 is 6.03 Å². The molecule has 1 aliphatic rings. The third kappa shape index (κ3) is 3.87. The standard InChI is InChI=1S/C14H17BrN2O4/c1-2-20-12-8-10(9-18)7-11(15)13(12)21-6-5-17-4-3-16-14(17)19/h7-9H,2-6H2,1H3,(H,16,19). The van der Waals surface area contributed by atoms with Gasteiger partial charge in [-0.05, 0) is 35.0 Å². The summed E-state index contributed by atoms with van der Waals surface area (Å²) in [7, 11) is 0. The highest BCUT2D eigenvalue weighted by Gasteiger charge is 2.19. The van der Waals surface area contributed by atoms with Gasteiger partial charge in [0, 0.05) is 18.7 Å². The fraction of sp³-hybridized carbons (Fsp3) is 0.429. The fourth-order valence-corrected chi connectivity index (χ4v) is 2.62. The first-order valence-corrected chi connectivity index (χ1v) is 7.52. The van der Waals surface area contributed by atoms with Crippen molar-refractivity contribution in [3.63, 3.8) is 0 Å². The molecule has 1 N–H and O–H groups in total. The maximum atomic E-state index is 11.4. The largest absolute Gasteiger partial charge is 0.490 e. The van der Waals surface area contributed by atoms with E-state index in [4.69, 9.17) is 9.47 Å². The molecule has 0 radical (unpaired) electrons. The number of benzene rings is 1. The van der Waals surface area contributed by atoms with Gasteiger partial charge in [0.1, 0.15) is 12.9 Å². The first kappa shape index (κ1) is 15.6. The van der Waals surface area contributed by atoms with E-state index in [0.29, 0.717) is 54.4 Å². The maximum Gasteiger partial charge on any atom is 0.317 e. The molecule has 0 aromatic heterocycles. The van der Waals surface area contributed by atoms with Crippen molar-refractivity contribution in [2.24, 2.45) is 0 Å². The number of aldehydes is 1. The second-order valence-electron chi connectivity index (χ2n) is 4.45. The summed E-state index contributed by atoms with van der Waals surface area (Å²) in [5.74, 6) is 1.06. The monoisotopic (exact) mass is 356 g/mol. The summed E-state index contributed by atoms with van der Waals surface area (Å²) in [6, 6.07) is 3.24. The van der Waals surface area contributed by atoms with Gasteiger partial charge in [-0.2, -0.15) is 0 Å². The van der Waals surface area contributed by atoms with Crippen LogP contribution in [0.1, 0.15) is 17.3 Å². The van der Waals surface area contributed by atoms with Crippen LogP contribution in [0.2, 0.25) is 0 Å². The molecule has 0 aliphatic carbocycles. The number of rotatable bonds is 7. The number of nitrogens with one attached hydrogen (secondary N) is 1. The number of hydrogen-bond acceptors (Lipinski definition) is 4. The third-order valence-corrected chi connectivity index (χ3v) is 3.61. The Bertz CT molecular complexity index is 536. The fourth-order valence-electron chi connectivity index (χ4n) is 2.04. The van der Waals surface area contributed by atoms with Gasteiger partial charge in [0.15, 0.2) is 11.5 Å². The third-order valence-electron chi connectivity index (χ3n) is 3.02. The second-order valence-corrected chi connectivity index (χ2v) is 5.30. The molecule has 7 heteroatoms. The molecular formula is C14H17BrN2O4. The number of urea groups is 1. The smallest absolute Gasteiger partial charge is 0.317 e. The zero-order valence-corrected chi connectivity index (χ0v) is 13.3. The average molecular weight is 357 g/mol. The van der Waals surface area contributed by atoms with Crippen LogP contribution in [0.4, 0.5) is 4.79 Å². The van der Waals surface area contributed by atoms with Crippen LogP contribution < -0.4 is 14.8 Å². The summed E-state index contributed by atoms with van der Waals surface area (Å²) in [6.07, 6.45) is 0.756. The number of carbonyl (C=O) groups excluding carboxylic acids is 2. The number of carbonyl (C=O) groups is 2. The topological polar surface area (TPSA) is 67.9 Å². The van der Waals surface area contributed by atoms with Crippen molar-refractivity contribution >= 4 is 28.2 Å². The van der Waals surface area contributed by atoms with Gasteiger partial charge in [0.25, 0.3) is 0 Å². The lowest BCUT2D eigenvalue weighted by molar-refractivity contribution is 0.112. The van der Waals surface area contributed by atoms with E-state index in [1.807, 2.05) is 6.92 Å². The van der Waals surface area contributed by atoms with E-state index < -0.39 is 0 Å². The summed E-state index contributed by atoms with van der Waals surface area (Å²) >= 11 is 3.38. The molecule has 6 nitrogen and oxygen atoms in total. The lowest BCUT2D eigenvalue weighted by Crippen LogP contribution is -2.31. The van der Waals surface area contributed by atoms with Gasteiger partial charge in [-0.25, -0.2) is 4.79 Å². The van der Waals surface area contributed by atoms with E-state index in [9.17, 15) is 9.59 Å². The normalized spacial score (nSPS) is 14.0. The molecule has 1 saturated heterocycles. The van der Waals surface area contributed by atoms with E-state index in [-0.39, 0.29) is 6.03 Å². The van der Waals surface area contributed by atoms with E-state index in [0.717, 1.165) is 6.29 Å². The Morgan fingerprint density at radius 2 is 2.24 bits per heavy atom. The molecule has 1 fully saturated rings. The van der Waals surface area contributed by atoms with Crippen LogP contribution in [0, 0.1) is 0 Å². The molecule has 0 spiro atoms. The molecular weight excluding hydrogens is 340 g/mol. The summed E-state index contributed by atoms with van der Waals surface area (Å²) in [5.41, 5.74) is 0.511. The summed E-state index contributed by atoms with van der Waals surface area (Å²) in [5, 5.41) is 2.74. The first-order chi connectivity index (χ1) is 10.2. The van der Waals surface area contributed by atoms with Crippen LogP contribution in [0.25, 0.3) is 0 Å². The Balaban J connectivity index is 2.04. The molecule has 1 aliphatic heterocycles. The Hall–Kier alpha value is -1.76. The lowest BCUT2D eigenvalue weighted by Gasteiger charge is -2.17. The minimum Gasteiger partial charge on any atom is -0.490 e. The van der Waals surface area contributed by atoms with Crippen molar-refractivity contribution in [3.05, 3.63) is 22.2 Å². The van der Waals surface area contributed by atoms with Crippen molar-refractivity contribution in [1.29, 1.82) is 0 Å². The van der Waals surface area contributed by atoms with Crippen molar-refractivity contribution in [2.45, 2.75) is 6.92 Å². The van der Waals surface area contributed by atoms with Crippen LogP contribution >= 0.6 is 15.9 Å². The molecule has 2 amide bonds. The number of hydrogen-bond donors (Lipinski definition) is 1. The quantitative estimate of drug-likeness (QED) is 0.759. The Morgan fingerprint density at radius 3 is 2.86 bits per heavy atom. The molecule has 114 valence electrons. The van der Waals surface area contributed by atoms with Gasteiger partial charge in [0.2, 0.25) is 0 Å². The molecule has 21 heavy (non-hydrogen) atoms. The number of nitrogens with zero attached hydrogens (tertiary/aromatic N) is 1. The second kappa shape index (κ2) is 7.31. The average Bonchev–Trinajstić information content (AvgIpc) is 2.87. The summed E-state index contributed by atoms with van der Waals surface area (Å²) in [6.45, 7) is 4.54. The summed E-state index contributed by atoms with van der Waals surface area (Å²) in [4.78, 5) is 24.0. The molecule has 0 saturated carbocycles. The highest BCUT2D eigenvalue weighted by atomic mass is 79.9. The van der Waals surface area contributed by atoms with Crippen molar-refractivity contribution < 1.29 is 19.1 Å². The van der Waals surface area contributed by atoms with E-state index in [1.54, 1.807) is 17.0 Å². The van der Waals surface area contributed by atoms with Crippen molar-refractivity contribution in [1.82, 2.24) is 10.2 Å². The first-order valence-electron chi connectivity index (χ1n) is 6.72. The zero-order chi connectivity index (χ0) is 15.2. The Kier molecular flexibility index (Phi) is 5.44. The van der Waals surface area contributed by atoms with Gasteiger partial charge in [0.05, 0.1) is 17.6 Å². The number of ether oxygens (including phenoxy) is 2. The molecule has 0 bridgehead atoms. The van der Waals surface area contributed by atoms with Gasteiger partial charge in [-0.15, -0.1) is 0 Å². The highest BCUT2D eigenvalue weighted by molar-refractivity contribution is 9.10. The molecule has 0 unspecified atom stereocenters. The predicted octanol–water partition coefficient (Wildman–Crippen LogP) is 2.06. The van der Waals surface area contributed by atoms with Crippen LogP contribution in [0.15, 0.2) is 16.6 Å². The summed E-state index contributed by atoms with van der Waals surface area (Å²) < 4.78 is 11.9.